The lowest BCUT2D eigenvalue weighted by molar-refractivity contribution is -0.127. The molecule has 12 heteroatoms. The van der Waals surface area contributed by atoms with Gasteiger partial charge in [-0.25, -0.2) is 0 Å². The number of hydrogen-bond acceptors (Lipinski definition) is 11. The van der Waals surface area contributed by atoms with Crippen molar-refractivity contribution in [3.8, 4) is 24.7 Å². The van der Waals surface area contributed by atoms with Crippen molar-refractivity contribution in [2.45, 2.75) is 12.0 Å². The molecule has 0 spiro atoms. The first-order valence-corrected chi connectivity index (χ1v) is 12.2. The monoisotopic (exact) mass is 532 g/mol. The maximum atomic E-state index is 12.3. The largest absolute Gasteiger partial charge is 0.394 e. The van der Waals surface area contributed by atoms with Gasteiger partial charge in [0.2, 0.25) is 5.91 Å². The van der Waals surface area contributed by atoms with E-state index in [-0.39, 0.29) is 45.4 Å². The average Bonchev–Trinajstić information content (AvgIpc) is 2.90. The quantitative estimate of drug-likeness (QED) is 0.0805. The summed E-state index contributed by atoms with van der Waals surface area (Å²) in [6, 6.07) is 0. The van der Waals surface area contributed by atoms with Crippen molar-refractivity contribution in [2.24, 2.45) is 5.73 Å². The summed E-state index contributed by atoms with van der Waals surface area (Å²) in [6.07, 6.45) is 10.4. The number of aliphatic hydroxyl groups is 1. The normalized spacial score (nSPS) is 11.2. The predicted molar refractivity (Wildman–Crippen MR) is 136 cm³/mol. The standard InChI is InChI=1S/C25H44N2O10/c1-3-7-36-22-25(21-28,23-37-8-4-2)27-24(29)5-9-30-11-13-32-15-17-34-19-20-35-18-16-33-14-12-31-10-6-26/h1-2,28H,5-23,26H2,(H,27,29). The molecule has 214 valence electrons. The van der Waals surface area contributed by atoms with E-state index in [2.05, 4.69) is 17.2 Å². The van der Waals surface area contributed by atoms with E-state index in [1.54, 1.807) is 0 Å². The van der Waals surface area contributed by atoms with Crippen molar-refractivity contribution in [2.75, 3.05) is 119 Å². The third-order valence-corrected chi connectivity index (χ3v) is 4.43. The molecular formula is C25H44N2O10. The molecule has 0 aliphatic heterocycles. The summed E-state index contributed by atoms with van der Waals surface area (Å²) < 4.78 is 42.8. The lowest BCUT2D eigenvalue weighted by atomic mass is 10.0. The number of carbonyl (C=O) groups excluding carboxylic acids is 1. The van der Waals surface area contributed by atoms with Gasteiger partial charge < -0.3 is 54.1 Å². The molecule has 0 atom stereocenters. The molecule has 0 aromatic heterocycles. The van der Waals surface area contributed by atoms with Gasteiger partial charge in [-0.3, -0.25) is 4.79 Å². The number of carbonyl (C=O) groups is 1. The van der Waals surface area contributed by atoms with Crippen LogP contribution in [0.3, 0.4) is 0 Å². The van der Waals surface area contributed by atoms with E-state index in [9.17, 15) is 9.90 Å². The molecule has 0 rings (SSSR count). The Morgan fingerprint density at radius 1 is 0.676 bits per heavy atom. The number of nitrogens with one attached hydrogen (secondary N) is 1. The highest BCUT2D eigenvalue weighted by molar-refractivity contribution is 5.77. The van der Waals surface area contributed by atoms with Crippen LogP contribution in [0.1, 0.15) is 6.42 Å². The topological polar surface area (TPSA) is 149 Å². The number of amides is 1. The molecule has 0 fully saturated rings. The number of terminal acetylenes is 2. The summed E-state index contributed by atoms with van der Waals surface area (Å²) in [5.41, 5.74) is 4.17. The van der Waals surface area contributed by atoms with Gasteiger partial charge in [0.25, 0.3) is 0 Å². The Balaban J connectivity index is 3.67. The first-order chi connectivity index (χ1) is 18.1. The van der Waals surface area contributed by atoms with Crippen LogP contribution in [-0.2, 0) is 42.7 Å². The molecule has 0 radical (unpaired) electrons. The summed E-state index contributed by atoms with van der Waals surface area (Å²) >= 11 is 0. The lowest BCUT2D eigenvalue weighted by Crippen LogP contribution is -2.58. The van der Waals surface area contributed by atoms with Crippen molar-refractivity contribution in [3.05, 3.63) is 0 Å². The van der Waals surface area contributed by atoms with Crippen LogP contribution in [0.2, 0.25) is 0 Å². The summed E-state index contributed by atoms with van der Waals surface area (Å²) in [5, 5.41) is 12.5. The smallest absolute Gasteiger partial charge is 0.222 e. The summed E-state index contributed by atoms with van der Waals surface area (Å²) in [5.74, 6) is 4.33. The maximum absolute atomic E-state index is 12.3. The van der Waals surface area contributed by atoms with Crippen LogP contribution < -0.4 is 11.1 Å². The molecule has 0 heterocycles. The van der Waals surface area contributed by atoms with E-state index >= 15 is 0 Å². The zero-order valence-electron chi connectivity index (χ0n) is 21.8. The van der Waals surface area contributed by atoms with Gasteiger partial charge in [-0.2, -0.15) is 0 Å². The van der Waals surface area contributed by atoms with E-state index in [1.165, 1.54) is 0 Å². The Morgan fingerprint density at radius 2 is 1.05 bits per heavy atom. The van der Waals surface area contributed by atoms with Crippen LogP contribution in [0.15, 0.2) is 0 Å². The molecule has 0 saturated heterocycles. The van der Waals surface area contributed by atoms with Gasteiger partial charge in [-0.1, -0.05) is 11.8 Å². The number of aliphatic hydroxyl groups excluding tert-OH is 1. The SMILES string of the molecule is C#CCOCC(CO)(COCC#C)NC(=O)CCOCCOCCOCCOCCOCCOCCN. The molecule has 0 bridgehead atoms. The van der Waals surface area contributed by atoms with E-state index in [1.807, 2.05) is 0 Å². The van der Waals surface area contributed by atoms with Gasteiger partial charge in [-0.15, -0.1) is 12.8 Å². The Labute approximate surface area is 220 Å². The molecule has 12 nitrogen and oxygen atoms in total. The van der Waals surface area contributed by atoms with Gasteiger partial charge in [0.05, 0.1) is 99.1 Å². The molecule has 0 aromatic rings. The molecule has 37 heavy (non-hydrogen) atoms. The van der Waals surface area contributed by atoms with Crippen LogP contribution in [-0.4, -0.2) is 135 Å². The molecule has 0 aliphatic carbocycles. The fourth-order valence-electron chi connectivity index (χ4n) is 2.66. The van der Waals surface area contributed by atoms with Crippen molar-refractivity contribution >= 4 is 5.91 Å². The fraction of sp³-hybridized carbons (Fsp3) is 0.800. The molecule has 0 saturated carbocycles. The van der Waals surface area contributed by atoms with E-state index in [0.29, 0.717) is 79.2 Å². The van der Waals surface area contributed by atoms with Crippen molar-refractivity contribution < 1.29 is 47.8 Å². The van der Waals surface area contributed by atoms with Gasteiger partial charge in [0.1, 0.15) is 18.8 Å². The second-order valence-corrected chi connectivity index (χ2v) is 7.59. The Kier molecular flexibility index (Phi) is 25.9. The van der Waals surface area contributed by atoms with Gasteiger partial charge in [0.15, 0.2) is 0 Å². The van der Waals surface area contributed by atoms with Crippen LogP contribution in [0, 0.1) is 24.7 Å². The zero-order valence-corrected chi connectivity index (χ0v) is 21.8. The third kappa shape index (κ3) is 23.1. The second-order valence-electron chi connectivity index (χ2n) is 7.59. The molecule has 4 N–H and O–H groups in total. The summed E-state index contributed by atoms with van der Waals surface area (Å²) in [4.78, 5) is 12.3. The lowest BCUT2D eigenvalue weighted by Gasteiger charge is -2.32. The van der Waals surface area contributed by atoms with E-state index in [0.717, 1.165) is 0 Å². The molecule has 0 unspecified atom stereocenters. The predicted octanol–water partition coefficient (Wildman–Crippen LogP) is -1.42. The number of ether oxygens (including phenoxy) is 8. The van der Waals surface area contributed by atoms with Gasteiger partial charge in [0, 0.05) is 13.0 Å². The fourth-order valence-corrected chi connectivity index (χ4v) is 2.66. The average molecular weight is 533 g/mol. The highest BCUT2D eigenvalue weighted by Gasteiger charge is 2.32. The maximum Gasteiger partial charge on any atom is 0.222 e. The minimum absolute atomic E-state index is 0.0207. The van der Waals surface area contributed by atoms with Crippen LogP contribution in [0.4, 0.5) is 0 Å². The second kappa shape index (κ2) is 27.2. The van der Waals surface area contributed by atoms with Gasteiger partial charge >= 0.3 is 0 Å². The van der Waals surface area contributed by atoms with Crippen molar-refractivity contribution in [3.63, 3.8) is 0 Å². The Hall–Kier alpha value is -1.81. The highest BCUT2D eigenvalue weighted by atomic mass is 16.6. The molecule has 1 amide bonds. The number of rotatable bonds is 28. The van der Waals surface area contributed by atoms with E-state index in [4.69, 9.17) is 56.5 Å². The van der Waals surface area contributed by atoms with Crippen molar-refractivity contribution in [1.29, 1.82) is 0 Å². The first kappa shape index (κ1) is 35.2. The van der Waals surface area contributed by atoms with Gasteiger partial charge in [-0.05, 0) is 0 Å². The number of nitrogens with two attached hydrogens (primary N) is 1. The van der Waals surface area contributed by atoms with Crippen LogP contribution in [0.25, 0.3) is 0 Å². The highest BCUT2D eigenvalue weighted by Crippen LogP contribution is 2.07. The molecule has 0 aromatic carbocycles. The van der Waals surface area contributed by atoms with E-state index < -0.39 is 12.1 Å². The summed E-state index contributed by atoms with van der Waals surface area (Å²) in [6.45, 7) is 5.40. The minimum atomic E-state index is -1.15. The minimum Gasteiger partial charge on any atom is -0.394 e. The molecular weight excluding hydrogens is 488 g/mol. The van der Waals surface area contributed by atoms with Crippen LogP contribution >= 0.6 is 0 Å². The first-order valence-electron chi connectivity index (χ1n) is 12.2. The summed E-state index contributed by atoms with van der Waals surface area (Å²) in [7, 11) is 0. The molecule has 0 aliphatic rings. The van der Waals surface area contributed by atoms with Crippen molar-refractivity contribution in [1.82, 2.24) is 5.32 Å². The Morgan fingerprint density at radius 3 is 1.41 bits per heavy atom. The number of hydrogen-bond donors (Lipinski definition) is 3. The third-order valence-electron chi connectivity index (χ3n) is 4.43. The Bertz CT molecular complexity index is 589. The van der Waals surface area contributed by atoms with Crippen LogP contribution in [0.5, 0.6) is 0 Å². The zero-order chi connectivity index (χ0) is 27.3.